The van der Waals surface area contributed by atoms with E-state index in [1.165, 1.54) is 6.92 Å². The van der Waals surface area contributed by atoms with E-state index in [0.717, 1.165) is 22.2 Å². The molecule has 4 nitrogen and oxygen atoms in total. The first-order valence-electron chi connectivity index (χ1n) is 7.61. The molecule has 0 spiro atoms. The Hall–Kier alpha value is -2.59. The number of carbonyl (C=O) groups excluding carboxylic acids is 2. The summed E-state index contributed by atoms with van der Waals surface area (Å²) >= 11 is 6.07. The van der Waals surface area contributed by atoms with Crippen molar-refractivity contribution in [3.05, 3.63) is 64.3 Å². The van der Waals surface area contributed by atoms with Gasteiger partial charge in [0.2, 0.25) is 5.91 Å². The second-order valence-electron chi connectivity index (χ2n) is 5.78. The van der Waals surface area contributed by atoms with Gasteiger partial charge in [-0.25, -0.2) is 0 Å². The Morgan fingerprint density at radius 1 is 1.17 bits per heavy atom. The third-order valence-corrected chi connectivity index (χ3v) is 4.21. The van der Waals surface area contributed by atoms with Crippen molar-refractivity contribution in [1.29, 1.82) is 0 Å². The van der Waals surface area contributed by atoms with Crippen molar-refractivity contribution in [2.45, 2.75) is 20.3 Å². The van der Waals surface area contributed by atoms with Gasteiger partial charge in [-0.1, -0.05) is 23.7 Å². The first-order chi connectivity index (χ1) is 11.4. The highest BCUT2D eigenvalue weighted by Gasteiger charge is 2.13. The normalized spacial score (nSPS) is 10.8. The van der Waals surface area contributed by atoms with E-state index in [0.29, 0.717) is 16.3 Å². The number of fused-ring (bicyclic) bond motifs is 1. The van der Waals surface area contributed by atoms with E-state index in [9.17, 15) is 9.59 Å². The summed E-state index contributed by atoms with van der Waals surface area (Å²) in [4.78, 5) is 27.1. The van der Waals surface area contributed by atoms with Crippen LogP contribution in [0.4, 0.5) is 5.69 Å². The number of H-pyrrole nitrogens is 1. The molecule has 1 heterocycles. The van der Waals surface area contributed by atoms with Crippen molar-refractivity contribution >= 4 is 39.9 Å². The maximum absolute atomic E-state index is 12.4. The molecule has 0 bridgehead atoms. The van der Waals surface area contributed by atoms with E-state index in [1.807, 2.05) is 25.1 Å². The molecule has 5 heteroatoms. The summed E-state index contributed by atoms with van der Waals surface area (Å²) in [7, 11) is 0. The Labute approximate surface area is 144 Å². The Kier molecular flexibility index (Phi) is 4.40. The van der Waals surface area contributed by atoms with Gasteiger partial charge < -0.3 is 10.3 Å². The van der Waals surface area contributed by atoms with Crippen molar-refractivity contribution in [2.75, 3.05) is 5.32 Å². The maximum Gasteiger partial charge on any atom is 0.228 e. The van der Waals surface area contributed by atoms with E-state index in [1.54, 1.807) is 24.3 Å². The zero-order valence-electron chi connectivity index (χ0n) is 13.4. The van der Waals surface area contributed by atoms with Gasteiger partial charge >= 0.3 is 0 Å². The number of rotatable bonds is 4. The van der Waals surface area contributed by atoms with Crippen LogP contribution in [0, 0.1) is 6.92 Å². The zero-order chi connectivity index (χ0) is 17.3. The largest absolute Gasteiger partial charge is 0.358 e. The number of hydrogen-bond donors (Lipinski definition) is 2. The quantitative estimate of drug-likeness (QED) is 0.686. The summed E-state index contributed by atoms with van der Waals surface area (Å²) < 4.78 is 0. The number of nitrogens with one attached hydrogen (secondary N) is 2. The molecule has 1 aromatic heterocycles. The number of aromatic amines is 1. The third-order valence-electron chi connectivity index (χ3n) is 3.97. The number of halogens is 1. The molecule has 0 saturated heterocycles. The molecular formula is C19H17ClN2O2. The SMILES string of the molecule is CC(=O)c1cccc(NC(=O)Cc2c(C)[nH]c3ccc(Cl)cc23)c1. The molecule has 3 rings (SSSR count). The van der Waals surface area contributed by atoms with Crippen LogP contribution in [-0.4, -0.2) is 16.7 Å². The van der Waals surface area contributed by atoms with Gasteiger partial charge in [-0.2, -0.15) is 0 Å². The van der Waals surface area contributed by atoms with Crippen LogP contribution in [0.1, 0.15) is 28.5 Å². The Bertz CT molecular complexity index is 944. The number of benzene rings is 2. The highest BCUT2D eigenvalue weighted by Crippen LogP contribution is 2.26. The maximum atomic E-state index is 12.4. The lowest BCUT2D eigenvalue weighted by Gasteiger charge is -2.07. The van der Waals surface area contributed by atoms with E-state index in [-0.39, 0.29) is 18.1 Å². The molecule has 0 aliphatic carbocycles. The summed E-state index contributed by atoms with van der Waals surface area (Å²) in [6.45, 7) is 3.44. The number of Topliss-reactive ketones (excluding diaryl/α,β-unsaturated/α-hetero) is 1. The van der Waals surface area contributed by atoms with Crippen LogP contribution in [0.15, 0.2) is 42.5 Å². The molecule has 0 saturated carbocycles. The van der Waals surface area contributed by atoms with Crippen LogP contribution < -0.4 is 5.32 Å². The zero-order valence-corrected chi connectivity index (χ0v) is 14.2. The molecule has 122 valence electrons. The van der Waals surface area contributed by atoms with E-state index >= 15 is 0 Å². The molecule has 0 unspecified atom stereocenters. The number of aromatic nitrogens is 1. The van der Waals surface area contributed by atoms with Crippen molar-refractivity contribution in [2.24, 2.45) is 0 Å². The third kappa shape index (κ3) is 3.34. The fourth-order valence-electron chi connectivity index (χ4n) is 2.76. The van der Waals surface area contributed by atoms with Gasteiger partial charge in [-0.15, -0.1) is 0 Å². The van der Waals surface area contributed by atoms with Crippen LogP contribution in [-0.2, 0) is 11.2 Å². The lowest BCUT2D eigenvalue weighted by atomic mass is 10.1. The molecule has 0 aliphatic rings. The molecule has 0 aliphatic heterocycles. The topological polar surface area (TPSA) is 62.0 Å². The van der Waals surface area contributed by atoms with Gasteiger partial charge in [0.05, 0.1) is 6.42 Å². The number of hydrogen-bond acceptors (Lipinski definition) is 2. The van der Waals surface area contributed by atoms with Crippen LogP contribution in [0.25, 0.3) is 10.9 Å². The van der Waals surface area contributed by atoms with Gasteiger partial charge in [0.25, 0.3) is 0 Å². The molecule has 1 amide bonds. The first kappa shape index (κ1) is 16.3. The van der Waals surface area contributed by atoms with Gasteiger partial charge in [0.1, 0.15) is 0 Å². The summed E-state index contributed by atoms with van der Waals surface area (Å²) in [5, 5.41) is 4.43. The Morgan fingerprint density at radius 3 is 2.71 bits per heavy atom. The minimum absolute atomic E-state index is 0.0341. The van der Waals surface area contributed by atoms with Crippen molar-refractivity contribution in [3.8, 4) is 0 Å². The number of ketones is 1. The second kappa shape index (κ2) is 6.49. The Balaban J connectivity index is 1.83. The fraction of sp³-hybridized carbons (Fsp3) is 0.158. The monoisotopic (exact) mass is 340 g/mol. The molecule has 0 atom stereocenters. The summed E-state index contributed by atoms with van der Waals surface area (Å²) in [5.41, 5.74) is 4.01. The predicted molar refractivity (Wildman–Crippen MR) is 96.8 cm³/mol. The van der Waals surface area contributed by atoms with Crippen LogP contribution >= 0.6 is 11.6 Å². The molecule has 0 radical (unpaired) electrons. The summed E-state index contributed by atoms with van der Waals surface area (Å²) in [6, 6.07) is 12.5. The number of aryl methyl sites for hydroxylation is 1. The summed E-state index contributed by atoms with van der Waals surface area (Å²) in [5.74, 6) is -0.173. The van der Waals surface area contributed by atoms with Crippen molar-refractivity contribution in [1.82, 2.24) is 4.98 Å². The number of anilines is 1. The Morgan fingerprint density at radius 2 is 1.96 bits per heavy atom. The molecule has 24 heavy (non-hydrogen) atoms. The number of amides is 1. The van der Waals surface area contributed by atoms with Crippen LogP contribution in [0.2, 0.25) is 5.02 Å². The predicted octanol–water partition coefficient (Wildman–Crippen LogP) is 4.51. The van der Waals surface area contributed by atoms with Crippen molar-refractivity contribution in [3.63, 3.8) is 0 Å². The van der Waals surface area contributed by atoms with Gasteiger partial charge in [0.15, 0.2) is 5.78 Å². The van der Waals surface area contributed by atoms with Crippen LogP contribution in [0.5, 0.6) is 0 Å². The smallest absolute Gasteiger partial charge is 0.228 e. The standard InChI is InChI=1S/C19H17ClN2O2/c1-11-16(17-9-14(20)6-7-18(17)21-11)10-19(24)22-15-5-3-4-13(8-15)12(2)23/h3-9,21H,10H2,1-2H3,(H,22,24). The lowest BCUT2D eigenvalue weighted by Crippen LogP contribution is -2.15. The number of carbonyl (C=O) groups is 2. The van der Waals surface area contributed by atoms with E-state index in [2.05, 4.69) is 10.3 Å². The van der Waals surface area contributed by atoms with E-state index in [4.69, 9.17) is 11.6 Å². The summed E-state index contributed by atoms with van der Waals surface area (Å²) in [6.07, 6.45) is 0.233. The second-order valence-corrected chi connectivity index (χ2v) is 6.22. The average Bonchev–Trinajstić information content (AvgIpc) is 2.83. The highest BCUT2D eigenvalue weighted by molar-refractivity contribution is 6.31. The molecule has 3 aromatic rings. The molecule has 2 aromatic carbocycles. The van der Waals surface area contributed by atoms with E-state index < -0.39 is 0 Å². The van der Waals surface area contributed by atoms with Gasteiger partial charge in [0, 0.05) is 32.9 Å². The minimum atomic E-state index is -0.139. The van der Waals surface area contributed by atoms with Gasteiger partial charge in [-0.05, 0) is 49.7 Å². The fourth-order valence-corrected chi connectivity index (χ4v) is 2.94. The van der Waals surface area contributed by atoms with Crippen molar-refractivity contribution < 1.29 is 9.59 Å². The lowest BCUT2D eigenvalue weighted by molar-refractivity contribution is -0.115. The van der Waals surface area contributed by atoms with Gasteiger partial charge in [-0.3, -0.25) is 9.59 Å². The average molecular weight is 341 g/mol. The van der Waals surface area contributed by atoms with Crippen LogP contribution in [0.3, 0.4) is 0 Å². The highest BCUT2D eigenvalue weighted by atomic mass is 35.5. The molecular weight excluding hydrogens is 324 g/mol. The first-order valence-corrected chi connectivity index (χ1v) is 7.99. The molecule has 0 fully saturated rings. The molecule has 2 N–H and O–H groups in total. The minimum Gasteiger partial charge on any atom is -0.358 e.